The molecule has 1 aliphatic rings. The van der Waals surface area contributed by atoms with Gasteiger partial charge in [0.15, 0.2) is 11.5 Å². The number of carbonyl (C=O) groups excluding carboxylic acids is 2. The van der Waals surface area contributed by atoms with E-state index in [1.165, 1.54) is 6.92 Å². The van der Waals surface area contributed by atoms with Crippen LogP contribution in [0.15, 0.2) is 18.2 Å². The second kappa shape index (κ2) is 17.7. The molecule has 0 unspecified atom stereocenters. The third-order valence-electron chi connectivity index (χ3n) is 8.73. The lowest BCUT2D eigenvalue weighted by Crippen LogP contribution is -2.54. The van der Waals surface area contributed by atoms with Crippen LogP contribution in [0.2, 0.25) is 0 Å². The Labute approximate surface area is 253 Å². The summed E-state index contributed by atoms with van der Waals surface area (Å²) in [5.41, 5.74) is 7.34. The van der Waals surface area contributed by atoms with Crippen LogP contribution in [0.1, 0.15) is 85.1 Å². The first kappa shape index (κ1) is 35.8. The van der Waals surface area contributed by atoms with Gasteiger partial charge >= 0.3 is 0 Å². The Balaban J connectivity index is 2.02. The summed E-state index contributed by atoms with van der Waals surface area (Å²) in [7, 11) is 3.31. The van der Waals surface area contributed by atoms with Crippen molar-refractivity contribution in [2.75, 3.05) is 34.0 Å². The summed E-state index contributed by atoms with van der Waals surface area (Å²) >= 11 is 0. The Bertz CT molecular complexity index is 963. The summed E-state index contributed by atoms with van der Waals surface area (Å²) in [6.45, 7) is 11.4. The van der Waals surface area contributed by atoms with Gasteiger partial charge in [-0.2, -0.15) is 0 Å². The van der Waals surface area contributed by atoms with E-state index in [1.807, 2.05) is 26.0 Å². The SMILES string of the molecule is COCCCOc1cc(C[C@@H](C[C@H](N)[C@@H](O)C[C@H](C(=O)NCC2(NC(C)=O)CCCC2)C(C)C)C(C)C)ccc1OC. The Kier molecular flexibility index (Phi) is 15.1. The first-order valence-corrected chi connectivity index (χ1v) is 15.7. The molecule has 0 saturated heterocycles. The number of rotatable bonds is 19. The maximum Gasteiger partial charge on any atom is 0.223 e. The number of ether oxygens (including phenoxy) is 3. The van der Waals surface area contributed by atoms with Crippen molar-refractivity contribution in [1.82, 2.24) is 10.6 Å². The van der Waals surface area contributed by atoms with E-state index in [1.54, 1.807) is 14.2 Å². The zero-order valence-corrected chi connectivity index (χ0v) is 27.0. The summed E-state index contributed by atoms with van der Waals surface area (Å²) in [5, 5.41) is 17.3. The highest BCUT2D eigenvalue weighted by Gasteiger charge is 2.36. The Morgan fingerprint density at radius 3 is 2.29 bits per heavy atom. The average Bonchev–Trinajstić information content (AvgIpc) is 3.39. The predicted molar refractivity (Wildman–Crippen MR) is 167 cm³/mol. The largest absolute Gasteiger partial charge is 0.493 e. The maximum absolute atomic E-state index is 13.3. The summed E-state index contributed by atoms with van der Waals surface area (Å²) in [6.07, 6.45) is 5.49. The predicted octanol–water partition coefficient (Wildman–Crippen LogP) is 4.23. The van der Waals surface area contributed by atoms with Crippen LogP contribution >= 0.6 is 0 Å². The lowest BCUT2D eigenvalue weighted by Gasteiger charge is -2.33. The van der Waals surface area contributed by atoms with Crippen LogP contribution in [-0.2, 0) is 20.7 Å². The molecule has 0 heterocycles. The van der Waals surface area contributed by atoms with Crippen LogP contribution in [0.25, 0.3) is 0 Å². The normalized spacial score (nSPS) is 17.5. The average molecular weight is 592 g/mol. The van der Waals surface area contributed by atoms with Gasteiger partial charge in [-0.15, -0.1) is 0 Å². The van der Waals surface area contributed by atoms with E-state index in [0.29, 0.717) is 50.0 Å². The van der Waals surface area contributed by atoms with Gasteiger partial charge in [0.1, 0.15) is 0 Å². The maximum atomic E-state index is 13.3. The topological polar surface area (TPSA) is 132 Å². The van der Waals surface area contributed by atoms with Crippen molar-refractivity contribution >= 4 is 11.8 Å². The number of amides is 2. The molecule has 2 amide bonds. The molecule has 0 bridgehead atoms. The van der Waals surface area contributed by atoms with Crippen molar-refractivity contribution in [2.24, 2.45) is 29.4 Å². The van der Waals surface area contributed by atoms with Crippen molar-refractivity contribution < 1.29 is 28.9 Å². The van der Waals surface area contributed by atoms with Crippen LogP contribution in [0, 0.1) is 23.7 Å². The van der Waals surface area contributed by atoms with Crippen LogP contribution in [-0.4, -0.2) is 68.6 Å². The highest BCUT2D eigenvalue weighted by molar-refractivity contribution is 5.79. The van der Waals surface area contributed by atoms with Crippen molar-refractivity contribution in [1.29, 1.82) is 0 Å². The molecule has 1 aliphatic carbocycles. The third kappa shape index (κ3) is 11.4. The standard InChI is InChI=1S/C33H57N3O6/c1-22(2)26(17-25-11-12-30(41-7)31(18-25)42-16-10-15-40-6)19-28(34)29(38)20-27(23(3)4)32(39)35-21-33(36-24(5)37)13-8-9-14-33/h11-12,18,22-23,26-29,38H,8-10,13-17,19-21,34H2,1-7H3,(H,35,39)(H,36,37)/t26-,27-,28-,29-/m0/s1. The molecule has 9 heteroatoms. The summed E-state index contributed by atoms with van der Waals surface area (Å²) < 4.78 is 16.6. The monoisotopic (exact) mass is 591 g/mol. The van der Waals surface area contributed by atoms with Gasteiger partial charge in [-0.1, -0.05) is 46.6 Å². The Morgan fingerprint density at radius 1 is 1.02 bits per heavy atom. The van der Waals surface area contributed by atoms with Gasteiger partial charge in [-0.3, -0.25) is 9.59 Å². The van der Waals surface area contributed by atoms with Gasteiger partial charge in [0.2, 0.25) is 11.8 Å². The van der Waals surface area contributed by atoms with Gasteiger partial charge in [0.25, 0.3) is 0 Å². The fourth-order valence-corrected chi connectivity index (χ4v) is 6.02. The van der Waals surface area contributed by atoms with E-state index in [9.17, 15) is 14.7 Å². The van der Waals surface area contributed by atoms with E-state index in [-0.39, 0.29) is 35.1 Å². The third-order valence-corrected chi connectivity index (χ3v) is 8.73. The molecule has 1 fully saturated rings. The fourth-order valence-electron chi connectivity index (χ4n) is 6.02. The number of hydrogen-bond donors (Lipinski definition) is 4. The molecule has 0 radical (unpaired) electrons. The first-order chi connectivity index (χ1) is 19.9. The molecule has 1 saturated carbocycles. The van der Waals surface area contributed by atoms with Gasteiger partial charge in [-0.25, -0.2) is 0 Å². The minimum Gasteiger partial charge on any atom is -0.493 e. The van der Waals surface area contributed by atoms with Crippen LogP contribution in [0.5, 0.6) is 11.5 Å². The first-order valence-electron chi connectivity index (χ1n) is 15.7. The van der Waals surface area contributed by atoms with Crippen molar-refractivity contribution in [3.05, 3.63) is 23.8 Å². The second-order valence-electron chi connectivity index (χ2n) is 12.8. The van der Waals surface area contributed by atoms with E-state index in [0.717, 1.165) is 44.1 Å². The molecule has 9 nitrogen and oxygen atoms in total. The molecule has 2 rings (SSSR count). The van der Waals surface area contributed by atoms with Crippen LogP contribution in [0.3, 0.4) is 0 Å². The molecular weight excluding hydrogens is 534 g/mol. The molecule has 4 atom stereocenters. The van der Waals surface area contributed by atoms with Gasteiger partial charge < -0.3 is 35.7 Å². The van der Waals surface area contributed by atoms with Gasteiger partial charge in [0, 0.05) is 45.6 Å². The highest BCUT2D eigenvalue weighted by Crippen LogP contribution is 2.32. The lowest BCUT2D eigenvalue weighted by atomic mass is 9.80. The number of nitrogens with two attached hydrogens (primary N) is 1. The number of nitrogens with one attached hydrogen (secondary N) is 2. The van der Waals surface area contributed by atoms with Crippen LogP contribution in [0.4, 0.5) is 0 Å². The number of carbonyl (C=O) groups is 2. The number of aliphatic hydroxyl groups excluding tert-OH is 1. The molecule has 42 heavy (non-hydrogen) atoms. The molecule has 0 spiro atoms. The fraction of sp³-hybridized carbons (Fsp3) is 0.758. The Morgan fingerprint density at radius 2 is 1.71 bits per heavy atom. The Hall–Kier alpha value is -2.36. The highest BCUT2D eigenvalue weighted by atomic mass is 16.5. The van der Waals surface area contributed by atoms with E-state index >= 15 is 0 Å². The van der Waals surface area contributed by atoms with Gasteiger partial charge in [0.05, 0.1) is 25.4 Å². The van der Waals surface area contributed by atoms with E-state index in [2.05, 4.69) is 30.5 Å². The molecule has 5 N–H and O–H groups in total. The van der Waals surface area contributed by atoms with Crippen molar-refractivity contribution in [2.45, 2.75) is 104 Å². The smallest absolute Gasteiger partial charge is 0.223 e. The van der Waals surface area contributed by atoms with Crippen LogP contribution < -0.4 is 25.8 Å². The molecule has 0 aromatic heterocycles. The minimum atomic E-state index is -0.810. The quantitative estimate of drug-likeness (QED) is 0.177. The van der Waals surface area contributed by atoms with Crippen molar-refractivity contribution in [3.8, 4) is 11.5 Å². The number of aliphatic hydroxyl groups is 1. The number of methoxy groups -OCH3 is 2. The molecule has 0 aliphatic heterocycles. The molecular formula is C33H57N3O6. The second-order valence-corrected chi connectivity index (χ2v) is 12.8. The number of hydrogen-bond acceptors (Lipinski definition) is 7. The molecule has 1 aromatic rings. The summed E-state index contributed by atoms with van der Waals surface area (Å²) in [4.78, 5) is 25.1. The number of benzene rings is 1. The molecule has 1 aromatic carbocycles. The zero-order valence-electron chi connectivity index (χ0n) is 27.0. The minimum absolute atomic E-state index is 0.0367. The van der Waals surface area contributed by atoms with Gasteiger partial charge in [-0.05, 0) is 67.6 Å². The summed E-state index contributed by atoms with van der Waals surface area (Å²) in [5.74, 6) is 1.47. The zero-order chi connectivity index (χ0) is 31.3. The molecule has 240 valence electrons. The van der Waals surface area contributed by atoms with E-state index in [4.69, 9.17) is 19.9 Å². The van der Waals surface area contributed by atoms with E-state index < -0.39 is 12.1 Å². The van der Waals surface area contributed by atoms with Crippen molar-refractivity contribution in [3.63, 3.8) is 0 Å². The lowest BCUT2D eigenvalue weighted by molar-refractivity contribution is -0.128. The summed E-state index contributed by atoms with van der Waals surface area (Å²) in [6, 6.07) is 5.55.